The first-order chi connectivity index (χ1) is 29.2. The summed E-state index contributed by atoms with van der Waals surface area (Å²) >= 11 is 0. The summed E-state index contributed by atoms with van der Waals surface area (Å²) in [5, 5.41) is 13.2. The van der Waals surface area contributed by atoms with E-state index in [0.717, 1.165) is 0 Å². The van der Waals surface area contributed by atoms with Gasteiger partial charge in [-0.15, -0.1) is 0 Å². The molecular formula is C59H78. The Hall–Kier alpha value is -5.72. The summed E-state index contributed by atoms with van der Waals surface area (Å²) in [6, 6.07) is 69.8. The fraction of sp³-hybridized carbons (Fsp3) is 0.254. The van der Waals surface area contributed by atoms with Gasteiger partial charge in [-0.25, -0.2) is 0 Å². The summed E-state index contributed by atoms with van der Waals surface area (Å²) in [5.74, 6) is 0. The lowest BCUT2D eigenvalue weighted by molar-refractivity contribution is 1.48. The SMILES string of the molecule is CC.CC.CC.CC.CC.CC.CC.Cc1ccccc1.c1ccc2c(c1)ccc1ccccc12.c1ccc2cc3ccccc3cc2c1.c1ccc2ccccc2c1. The first-order valence-corrected chi connectivity index (χ1v) is 22.4. The molecule has 0 heterocycles. The molecule has 0 fully saturated rings. The van der Waals surface area contributed by atoms with Crippen molar-refractivity contribution in [2.45, 2.75) is 104 Å². The zero-order valence-corrected chi connectivity index (χ0v) is 39.6. The van der Waals surface area contributed by atoms with E-state index >= 15 is 0 Å². The van der Waals surface area contributed by atoms with Gasteiger partial charge in [0.1, 0.15) is 0 Å². The maximum Gasteiger partial charge on any atom is -0.0105 e. The van der Waals surface area contributed by atoms with Crippen molar-refractivity contribution in [3.63, 3.8) is 0 Å². The molecule has 9 rings (SSSR count). The van der Waals surface area contributed by atoms with E-state index < -0.39 is 0 Å². The molecule has 0 saturated heterocycles. The number of hydrogen-bond acceptors (Lipinski definition) is 0. The van der Waals surface area contributed by atoms with Gasteiger partial charge in [-0.3, -0.25) is 0 Å². The molecule has 0 bridgehead atoms. The second-order valence-corrected chi connectivity index (χ2v) is 11.1. The molecule has 0 aliphatic rings. The first kappa shape index (κ1) is 55.4. The average Bonchev–Trinajstić information content (AvgIpc) is 3.36. The largest absolute Gasteiger partial charge is 0.0683 e. The van der Waals surface area contributed by atoms with Crippen LogP contribution in [0, 0.1) is 6.92 Å². The molecular weight excluding hydrogens is 709 g/mol. The summed E-state index contributed by atoms with van der Waals surface area (Å²) in [7, 11) is 0. The van der Waals surface area contributed by atoms with Crippen molar-refractivity contribution >= 4 is 53.9 Å². The van der Waals surface area contributed by atoms with E-state index in [2.05, 4.69) is 189 Å². The van der Waals surface area contributed by atoms with Crippen LogP contribution in [-0.2, 0) is 0 Å². The minimum absolute atomic E-state index is 1.31. The topological polar surface area (TPSA) is 0 Å². The molecule has 9 aromatic rings. The van der Waals surface area contributed by atoms with Crippen LogP contribution in [0.1, 0.15) is 102 Å². The van der Waals surface area contributed by atoms with Gasteiger partial charge >= 0.3 is 0 Å². The number of benzene rings is 9. The molecule has 0 unspecified atom stereocenters. The lowest BCUT2D eigenvalue weighted by Gasteiger charge is -2.02. The number of fused-ring (bicyclic) bond motifs is 6. The Morgan fingerprint density at radius 3 is 0.627 bits per heavy atom. The highest BCUT2D eigenvalue weighted by Crippen LogP contribution is 2.25. The molecule has 0 aliphatic carbocycles. The van der Waals surface area contributed by atoms with E-state index in [1.54, 1.807) is 0 Å². The molecule has 59 heavy (non-hydrogen) atoms. The summed E-state index contributed by atoms with van der Waals surface area (Å²) in [6.07, 6.45) is 0. The van der Waals surface area contributed by atoms with Crippen molar-refractivity contribution < 1.29 is 0 Å². The third-order valence-electron chi connectivity index (χ3n) is 7.87. The molecule has 0 saturated carbocycles. The van der Waals surface area contributed by atoms with E-state index in [4.69, 9.17) is 0 Å². The molecule has 0 aliphatic heterocycles. The number of aryl methyl sites for hydroxylation is 1. The quantitative estimate of drug-likeness (QED) is 0.106. The lowest BCUT2D eigenvalue weighted by Crippen LogP contribution is -1.75. The third kappa shape index (κ3) is 20.0. The molecule has 0 atom stereocenters. The molecule has 0 N–H and O–H groups in total. The minimum atomic E-state index is 1.31. The summed E-state index contributed by atoms with van der Waals surface area (Å²) in [6.45, 7) is 30.1. The van der Waals surface area contributed by atoms with Crippen LogP contribution in [0.15, 0.2) is 200 Å². The Morgan fingerprint density at radius 1 is 0.186 bits per heavy atom. The molecule has 9 aromatic carbocycles. The Kier molecular flexibility index (Phi) is 35.5. The van der Waals surface area contributed by atoms with Crippen molar-refractivity contribution in [3.8, 4) is 0 Å². The van der Waals surface area contributed by atoms with Gasteiger partial charge < -0.3 is 0 Å². The van der Waals surface area contributed by atoms with E-state index in [1.165, 1.54) is 59.4 Å². The van der Waals surface area contributed by atoms with Crippen molar-refractivity contribution in [3.05, 3.63) is 206 Å². The summed E-state index contributed by atoms with van der Waals surface area (Å²) < 4.78 is 0. The maximum absolute atomic E-state index is 2.24. The second-order valence-electron chi connectivity index (χ2n) is 11.1. The highest BCUT2D eigenvalue weighted by atomic mass is 14.0. The molecule has 0 heteroatoms. The van der Waals surface area contributed by atoms with Gasteiger partial charge in [0.05, 0.1) is 0 Å². The van der Waals surface area contributed by atoms with Gasteiger partial charge in [-0.2, -0.15) is 0 Å². The predicted octanol–water partition coefficient (Wildman–Crippen LogP) is 20.0. The van der Waals surface area contributed by atoms with Crippen molar-refractivity contribution in [2.24, 2.45) is 0 Å². The normalized spacial score (nSPS) is 8.59. The maximum atomic E-state index is 2.24. The van der Waals surface area contributed by atoms with E-state index in [1.807, 2.05) is 115 Å². The standard InChI is InChI=1S/2C14H10.C10H8.C7H8.7C2H6/c1-3-7-13-11(5-1)9-10-12-6-2-4-8-14(12)13;1-2-6-12-10-14-8-4-3-7-13(14)9-11(12)5-1;1-2-6-10-8-4-3-7-9(10)5-1;1-7-5-3-2-4-6-7;7*1-2/h2*1-10H;1-8H;2-6H,1H3;7*1-2H3. The second kappa shape index (κ2) is 37.8. The molecule has 0 nitrogen and oxygen atoms in total. The van der Waals surface area contributed by atoms with Crippen molar-refractivity contribution in [1.29, 1.82) is 0 Å². The Balaban J connectivity index is 0. The predicted molar refractivity (Wildman–Crippen MR) is 277 cm³/mol. The van der Waals surface area contributed by atoms with Gasteiger partial charge in [-0.05, 0) is 72.9 Å². The van der Waals surface area contributed by atoms with E-state index in [-0.39, 0.29) is 0 Å². The molecule has 0 spiro atoms. The first-order valence-electron chi connectivity index (χ1n) is 22.4. The van der Waals surface area contributed by atoms with Crippen LogP contribution < -0.4 is 0 Å². The number of hydrogen-bond donors (Lipinski definition) is 0. The Labute approximate surface area is 362 Å². The van der Waals surface area contributed by atoms with E-state index in [0.29, 0.717) is 0 Å². The lowest BCUT2D eigenvalue weighted by atomic mass is 10.0. The van der Waals surface area contributed by atoms with Crippen molar-refractivity contribution in [1.82, 2.24) is 0 Å². The zero-order valence-electron chi connectivity index (χ0n) is 39.6. The fourth-order valence-corrected chi connectivity index (χ4v) is 5.50. The van der Waals surface area contributed by atoms with Crippen LogP contribution in [0.3, 0.4) is 0 Å². The van der Waals surface area contributed by atoms with Gasteiger partial charge in [0.25, 0.3) is 0 Å². The third-order valence-corrected chi connectivity index (χ3v) is 7.87. The Morgan fingerprint density at radius 2 is 0.390 bits per heavy atom. The summed E-state index contributed by atoms with van der Waals surface area (Å²) in [4.78, 5) is 0. The summed E-state index contributed by atoms with van der Waals surface area (Å²) in [5.41, 5.74) is 1.32. The highest BCUT2D eigenvalue weighted by Gasteiger charge is 1.97. The smallest absolute Gasteiger partial charge is 0.0105 e. The molecule has 0 amide bonds. The average molecular weight is 787 g/mol. The van der Waals surface area contributed by atoms with Crippen LogP contribution in [0.4, 0.5) is 0 Å². The van der Waals surface area contributed by atoms with Crippen LogP contribution in [0.2, 0.25) is 0 Å². The zero-order chi connectivity index (χ0) is 44.7. The van der Waals surface area contributed by atoms with Crippen molar-refractivity contribution in [2.75, 3.05) is 0 Å². The van der Waals surface area contributed by atoms with Crippen LogP contribution in [0.25, 0.3) is 53.9 Å². The highest BCUT2D eigenvalue weighted by molar-refractivity contribution is 6.07. The van der Waals surface area contributed by atoms with Gasteiger partial charge in [0, 0.05) is 0 Å². The van der Waals surface area contributed by atoms with Crippen LogP contribution >= 0.6 is 0 Å². The molecule has 0 radical (unpaired) electrons. The van der Waals surface area contributed by atoms with Gasteiger partial charge in [-0.1, -0.05) is 291 Å². The van der Waals surface area contributed by atoms with Gasteiger partial charge in [0.2, 0.25) is 0 Å². The minimum Gasteiger partial charge on any atom is -0.0683 e. The molecule has 0 aromatic heterocycles. The Bertz CT molecular complexity index is 2040. The molecule has 314 valence electrons. The fourth-order valence-electron chi connectivity index (χ4n) is 5.50. The number of rotatable bonds is 0. The monoisotopic (exact) mass is 787 g/mol. The van der Waals surface area contributed by atoms with Crippen LogP contribution in [0.5, 0.6) is 0 Å². The van der Waals surface area contributed by atoms with Gasteiger partial charge in [0.15, 0.2) is 0 Å². The van der Waals surface area contributed by atoms with Crippen LogP contribution in [-0.4, -0.2) is 0 Å². The van der Waals surface area contributed by atoms with E-state index in [9.17, 15) is 0 Å².